The molecule has 2 rings (SSSR count). The summed E-state index contributed by atoms with van der Waals surface area (Å²) in [4.78, 5) is 12.2. The van der Waals surface area contributed by atoms with Gasteiger partial charge in [-0.25, -0.2) is 0 Å². The summed E-state index contributed by atoms with van der Waals surface area (Å²) in [6, 6.07) is 0. The summed E-state index contributed by atoms with van der Waals surface area (Å²) in [5.41, 5.74) is 0.411. The number of carbonyl (C=O) groups is 1. The van der Waals surface area contributed by atoms with Gasteiger partial charge in [0.05, 0.1) is 17.6 Å². The van der Waals surface area contributed by atoms with Gasteiger partial charge in [-0.1, -0.05) is 13.8 Å². The Balaban J connectivity index is 2.01. The van der Waals surface area contributed by atoms with Gasteiger partial charge in [-0.2, -0.15) is 16.9 Å². The lowest BCUT2D eigenvalue weighted by Gasteiger charge is -2.20. The molecule has 1 aliphatic rings. The maximum absolute atomic E-state index is 12.2. The molecule has 5 nitrogen and oxygen atoms in total. The molecular formula is C14H23N3O2S. The predicted octanol–water partition coefficient (Wildman–Crippen LogP) is 2.04. The van der Waals surface area contributed by atoms with Crippen LogP contribution in [0.3, 0.4) is 0 Å². The third-order valence-corrected chi connectivity index (χ3v) is 4.87. The summed E-state index contributed by atoms with van der Waals surface area (Å²) in [6.45, 7) is 7.14. The van der Waals surface area contributed by atoms with E-state index in [4.69, 9.17) is 0 Å². The van der Waals surface area contributed by atoms with Crippen molar-refractivity contribution in [3.8, 4) is 0 Å². The van der Waals surface area contributed by atoms with E-state index in [9.17, 15) is 9.90 Å². The van der Waals surface area contributed by atoms with Crippen LogP contribution in [0, 0.1) is 12.8 Å². The molecule has 1 aromatic rings. The molecule has 0 saturated carbocycles. The Morgan fingerprint density at radius 3 is 3.00 bits per heavy atom. The summed E-state index contributed by atoms with van der Waals surface area (Å²) in [7, 11) is 0. The molecule has 112 valence electrons. The van der Waals surface area contributed by atoms with Crippen LogP contribution in [-0.2, 0) is 11.3 Å². The second kappa shape index (κ2) is 6.18. The quantitative estimate of drug-likeness (QED) is 0.873. The second-order valence-electron chi connectivity index (χ2n) is 5.84. The molecule has 20 heavy (non-hydrogen) atoms. The van der Waals surface area contributed by atoms with E-state index in [1.54, 1.807) is 18.0 Å². The van der Waals surface area contributed by atoms with E-state index in [1.807, 2.05) is 11.6 Å². The number of nitrogens with zero attached hydrogens (tertiary/aromatic N) is 2. The minimum Gasteiger partial charge on any atom is -0.379 e. The van der Waals surface area contributed by atoms with E-state index in [0.29, 0.717) is 23.8 Å². The van der Waals surface area contributed by atoms with E-state index in [-0.39, 0.29) is 5.91 Å². The Labute approximate surface area is 124 Å². The first kappa shape index (κ1) is 15.4. The standard InChI is InChI=1S/C14H23N3O2S/c1-10(2)4-6-17-11(3)12(8-15-17)16-13(18)14(19)5-7-20-9-14/h8,10,19H,4-7,9H2,1-3H3,(H,16,18). The molecule has 1 unspecified atom stereocenters. The van der Waals surface area contributed by atoms with E-state index in [0.717, 1.165) is 24.4 Å². The molecular weight excluding hydrogens is 274 g/mol. The fraction of sp³-hybridized carbons (Fsp3) is 0.714. The number of hydrogen-bond acceptors (Lipinski definition) is 4. The lowest BCUT2D eigenvalue weighted by molar-refractivity contribution is -0.131. The van der Waals surface area contributed by atoms with Gasteiger partial charge in [0.2, 0.25) is 0 Å². The van der Waals surface area contributed by atoms with Gasteiger partial charge in [0.1, 0.15) is 0 Å². The second-order valence-corrected chi connectivity index (χ2v) is 6.94. The van der Waals surface area contributed by atoms with Crippen LogP contribution in [0.5, 0.6) is 0 Å². The van der Waals surface area contributed by atoms with Gasteiger partial charge in [-0.15, -0.1) is 0 Å². The van der Waals surface area contributed by atoms with Crippen LogP contribution < -0.4 is 5.32 Å². The summed E-state index contributed by atoms with van der Waals surface area (Å²) in [6.07, 6.45) is 3.24. The predicted molar refractivity (Wildman–Crippen MR) is 81.9 cm³/mol. The number of aliphatic hydroxyl groups is 1. The van der Waals surface area contributed by atoms with Gasteiger partial charge in [-0.3, -0.25) is 9.48 Å². The van der Waals surface area contributed by atoms with Gasteiger partial charge in [0, 0.05) is 12.3 Å². The summed E-state index contributed by atoms with van der Waals surface area (Å²) < 4.78 is 1.91. The zero-order valence-corrected chi connectivity index (χ0v) is 13.2. The van der Waals surface area contributed by atoms with Crippen LogP contribution in [-0.4, -0.2) is 37.9 Å². The lowest BCUT2D eigenvalue weighted by atomic mass is 10.0. The number of aromatic nitrogens is 2. The van der Waals surface area contributed by atoms with Crippen molar-refractivity contribution in [1.82, 2.24) is 9.78 Å². The molecule has 1 aromatic heterocycles. The van der Waals surface area contributed by atoms with Crippen molar-refractivity contribution in [2.24, 2.45) is 5.92 Å². The maximum atomic E-state index is 12.2. The molecule has 1 fully saturated rings. The van der Waals surface area contributed by atoms with E-state index >= 15 is 0 Å². The number of amides is 1. The normalized spacial score (nSPS) is 22.4. The molecule has 0 aliphatic carbocycles. The number of anilines is 1. The monoisotopic (exact) mass is 297 g/mol. The fourth-order valence-corrected chi connectivity index (χ4v) is 3.39. The highest BCUT2D eigenvalue weighted by atomic mass is 32.2. The zero-order valence-electron chi connectivity index (χ0n) is 12.3. The molecule has 1 aliphatic heterocycles. The summed E-state index contributed by atoms with van der Waals surface area (Å²) in [5.74, 6) is 1.61. The minimum atomic E-state index is -1.23. The van der Waals surface area contributed by atoms with Crippen LogP contribution in [0.25, 0.3) is 0 Å². The Morgan fingerprint density at radius 2 is 2.40 bits per heavy atom. The highest BCUT2D eigenvalue weighted by Crippen LogP contribution is 2.29. The first-order valence-corrected chi connectivity index (χ1v) is 8.22. The van der Waals surface area contributed by atoms with E-state index in [2.05, 4.69) is 24.3 Å². The molecule has 0 spiro atoms. The number of rotatable bonds is 5. The topological polar surface area (TPSA) is 67.2 Å². The van der Waals surface area contributed by atoms with Crippen molar-refractivity contribution < 1.29 is 9.90 Å². The first-order chi connectivity index (χ1) is 9.42. The van der Waals surface area contributed by atoms with Crippen LogP contribution >= 0.6 is 11.8 Å². The molecule has 2 heterocycles. The van der Waals surface area contributed by atoms with E-state index < -0.39 is 5.60 Å². The van der Waals surface area contributed by atoms with Crippen molar-refractivity contribution >= 4 is 23.4 Å². The largest absolute Gasteiger partial charge is 0.379 e. The van der Waals surface area contributed by atoms with Crippen LogP contribution in [0.15, 0.2) is 6.20 Å². The molecule has 6 heteroatoms. The van der Waals surface area contributed by atoms with Crippen LogP contribution in [0.1, 0.15) is 32.4 Å². The highest BCUT2D eigenvalue weighted by Gasteiger charge is 2.39. The van der Waals surface area contributed by atoms with Crippen molar-refractivity contribution in [3.05, 3.63) is 11.9 Å². The Bertz CT molecular complexity index is 479. The van der Waals surface area contributed by atoms with Gasteiger partial charge in [-0.05, 0) is 31.4 Å². The lowest BCUT2D eigenvalue weighted by Crippen LogP contribution is -2.42. The third kappa shape index (κ3) is 3.35. The Morgan fingerprint density at radius 1 is 1.65 bits per heavy atom. The molecule has 0 bridgehead atoms. The van der Waals surface area contributed by atoms with Crippen LogP contribution in [0.2, 0.25) is 0 Å². The molecule has 1 atom stereocenters. The Kier molecular flexibility index (Phi) is 4.75. The Hall–Kier alpha value is -1.01. The molecule has 2 N–H and O–H groups in total. The van der Waals surface area contributed by atoms with Gasteiger partial charge in [0.15, 0.2) is 5.60 Å². The van der Waals surface area contributed by atoms with Crippen molar-refractivity contribution in [2.75, 3.05) is 16.8 Å². The average Bonchev–Trinajstić information content (AvgIpc) is 2.97. The number of hydrogen-bond donors (Lipinski definition) is 2. The smallest absolute Gasteiger partial charge is 0.257 e. The molecule has 1 saturated heterocycles. The number of aryl methyl sites for hydroxylation is 1. The average molecular weight is 297 g/mol. The van der Waals surface area contributed by atoms with Crippen LogP contribution in [0.4, 0.5) is 5.69 Å². The molecule has 0 aromatic carbocycles. The van der Waals surface area contributed by atoms with E-state index in [1.165, 1.54) is 0 Å². The maximum Gasteiger partial charge on any atom is 0.257 e. The number of carbonyl (C=O) groups excluding carboxylic acids is 1. The summed E-state index contributed by atoms with van der Waals surface area (Å²) >= 11 is 1.61. The highest BCUT2D eigenvalue weighted by molar-refractivity contribution is 7.99. The minimum absolute atomic E-state index is 0.311. The van der Waals surface area contributed by atoms with Gasteiger partial charge >= 0.3 is 0 Å². The fourth-order valence-electron chi connectivity index (χ4n) is 2.15. The zero-order chi connectivity index (χ0) is 14.8. The van der Waals surface area contributed by atoms with Crippen molar-refractivity contribution in [3.63, 3.8) is 0 Å². The van der Waals surface area contributed by atoms with Gasteiger partial charge < -0.3 is 10.4 Å². The molecule has 1 amide bonds. The summed E-state index contributed by atoms with van der Waals surface area (Å²) in [5, 5.41) is 17.4. The third-order valence-electron chi connectivity index (χ3n) is 3.69. The number of thioether (sulfide) groups is 1. The van der Waals surface area contributed by atoms with Crippen molar-refractivity contribution in [1.29, 1.82) is 0 Å². The first-order valence-electron chi connectivity index (χ1n) is 7.06. The molecule has 0 radical (unpaired) electrons. The SMILES string of the molecule is Cc1c(NC(=O)C2(O)CCSC2)cnn1CCC(C)C. The van der Waals surface area contributed by atoms with Gasteiger partial charge in [0.25, 0.3) is 5.91 Å². The number of nitrogens with one attached hydrogen (secondary N) is 1. The van der Waals surface area contributed by atoms with Crippen molar-refractivity contribution in [2.45, 2.75) is 45.8 Å².